The third-order valence-electron chi connectivity index (χ3n) is 4.22. The molecule has 1 unspecified atom stereocenters. The average molecular weight is 306 g/mol. The molecule has 20 heavy (non-hydrogen) atoms. The summed E-state index contributed by atoms with van der Waals surface area (Å²) in [5.74, 6) is -1.18. The quantitative estimate of drug-likeness (QED) is 0.763. The molecule has 7 nitrogen and oxygen atoms in total. The summed E-state index contributed by atoms with van der Waals surface area (Å²) in [7, 11) is -2.31. The van der Waals surface area contributed by atoms with Gasteiger partial charge in [-0.25, -0.2) is 0 Å². The molecular formula is C12H22N2O5S. The zero-order valence-corrected chi connectivity index (χ0v) is 12.5. The molecular weight excluding hydrogens is 284 g/mol. The van der Waals surface area contributed by atoms with Gasteiger partial charge in [-0.15, -0.1) is 0 Å². The Morgan fingerprint density at radius 2 is 2.00 bits per heavy atom. The minimum absolute atomic E-state index is 0.0468. The van der Waals surface area contributed by atoms with Crippen LogP contribution < -0.4 is 4.72 Å². The maximum atomic E-state index is 12.4. The van der Waals surface area contributed by atoms with Gasteiger partial charge in [0.2, 0.25) is 0 Å². The van der Waals surface area contributed by atoms with E-state index >= 15 is 0 Å². The molecule has 0 bridgehead atoms. The number of hydrogen-bond acceptors (Lipinski definition) is 4. The second-order valence-corrected chi connectivity index (χ2v) is 7.34. The first kappa shape index (κ1) is 15.7. The first-order valence-corrected chi connectivity index (χ1v) is 8.39. The van der Waals surface area contributed by atoms with Gasteiger partial charge in [0.15, 0.2) is 5.54 Å². The first-order valence-electron chi connectivity index (χ1n) is 6.95. The van der Waals surface area contributed by atoms with Gasteiger partial charge < -0.3 is 9.84 Å². The Morgan fingerprint density at radius 3 is 2.50 bits per heavy atom. The van der Waals surface area contributed by atoms with E-state index in [4.69, 9.17) is 4.74 Å². The monoisotopic (exact) mass is 306 g/mol. The Balaban J connectivity index is 2.11. The molecule has 1 heterocycles. The van der Waals surface area contributed by atoms with E-state index in [1.807, 2.05) is 0 Å². The molecule has 2 aliphatic rings. The molecule has 2 N–H and O–H groups in total. The van der Waals surface area contributed by atoms with Crippen LogP contribution in [-0.2, 0) is 19.7 Å². The van der Waals surface area contributed by atoms with E-state index < -0.39 is 21.7 Å². The molecule has 0 radical (unpaired) electrons. The van der Waals surface area contributed by atoms with Crippen LogP contribution in [0.3, 0.4) is 0 Å². The second-order valence-electron chi connectivity index (χ2n) is 5.60. The van der Waals surface area contributed by atoms with Crippen molar-refractivity contribution in [2.24, 2.45) is 0 Å². The normalized spacial score (nSPS) is 28.9. The largest absolute Gasteiger partial charge is 0.480 e. The topological polar surface area (TPSA) is 95.9 Å². The van der Waals surface area contributed by atoms with E-state index in [9.17, 15) is 18.3 Å². The highest BCUT2D eigenvalue weighted by atomic mass is 32.2. The molecule has 0 amide bonds. The molecule has 1 aliphatic heterocycles. The molecule has 116 valence electrons. The van der Waals surface area contributed by atoms with Crippen LogP contribution in [-0.4, -0.2) is 55.6 Å². The number of carboxylic acid groups (broad SMARTS) is 1. The molecule has 1 saturated carbocycles. The van der Waals surface area contributed by atoms with Crippen molar-refractivity contribution in [1.82, 2.24) is 9.03 Å². The van der Waals surface area contributed by atoms with Gasteiger partial charge in [0.1, 0.15) is 0 Å². The second kappa shape index (κ2) is 5.97. The minimum atomic E-state index is -3.82. The van der Waals surface area contributed by atoms with Gasteiger partial charge in [-0.3, -0.25) is 4.79 Å². The standard InChI is InChI=1S/C12H22N2O5S/c1-14(10-5-3-2-4-6-10)20(17,18)13-12(11(15)16)7-8-19-9-12/h10,13H,2-9H2,1H3,(H,15,16). The molecule has 1 atom stereocenters. The van der Waals surface area contributed by atoms with Crippen molar-refractivity contribution in [2.45, 2.75) is 50.1 Å². The van der Waals surface area contributed by atoms with Crippen molar-refractivity contribution in [3.8, 4) is 0 Å². The summed E-state index contributed by atoms with van der Waals surface area (Å²) in [4.78, 5) is 11.4. The zero-order valence-electron chi connectivity index (χ0n) is 11.7. The van der Waals surface area contributed by atoms with Crippen molar-refractivity contribution < 1.29 is 23.1 Å². The molecule has 2 rings (SSSR count). The summed E-state index contributed by atoms with van der Waals surface area (Å²) in [6.07, 6.45) is 4.96. The van der Waals surface area contributed by atoms with Crippen molar-refractivity contribution in [3.63, 3.8) is 0 Å². The highest BCUT2D eigenvalue weighted by molar-refractivity contribution is 7.87. The summed E-state index contributed by atoms with van der Waals surface area (Å²) >= 11 is 0. The third-order valence-corrected chi connectivity index (χ3v) is 5.93. The molecule has 1 aliphatic carbocycles. The molecule has 0 aromatic rings. The molecule has 8 heteroatoms. The summed E-state index contributed by atoms with van der Waals surface area (Å²) in [6.45, 7) is 0.127. The van der Waals surface area contributed by atoms with E-state index in [-0.39, 0.29) is 25.7 Å². The van der Waals surface area contributed by atoms with Crippen molar-refractivity contribution in [2.75, 3.05) is 20.3 Å². The lowest BCUT2D eigenvalue weighted by molar-refractivity contribution is -0.144. The maximum Gasteiger partial charge on any atom is 0.327 e. The van der Waals surface area contributed by atoms with Crippen LogP contribution in [0.15, 0.2) is 0 Å². The fraction of sp³-hybridized carbons (Fsp3) is 0.917. The number of hydrogen-bond donors (Lipinski definition) is 2. The Hall–Kier alpha value is -0.700. The van der Waals surface area contributed by atoms with Crippen LogP contribution in [0.1, 0.15) is 38.5 Å². The number of nitrogens with zero attached hydrogens (tertiary/aromatic N) is 1. The minimum Gasteiger partial charge on any atom is -0.480 e. The fourth-order valence-corrected chi connectivity index (χ4v) is 4.31. The van der Waals surface area contributed by atoms with Gasteiger partial charge in [-0.1, -0.05) is 19.3 Å². The molecule has 0 aromatic heterocycles. The van der Waals surface area contributed by atoms with E-state index in [2.05, 4.69) is 4.72 Å². The zero-order chi connectivity index (χ0) is 14.8. The van der Waals surface area contributed by atoms with Gasteiger partial charge in [0.25, 0.3) is 10.2 Å². The first-order chi connectivity index (χ1) is 9.37. The third kappa shape index (κ3) is 3.13. The fourth-order valence-electron chi connectivity index (χ4n) is 2.82. The molecule has 0 aromatic carbocycles. The molecule has 0 spiro atoms. The van der Waals surface area contributed by atoms with Gasteiger partial charge in [0, 0.05) is 26.1 Å². The van der Waals surface area contributed by atoms with Crippen molar-refractivity contribution >= 4 is 16.2 Å². The van der Waals surface area contributed by atoms with Crippen molar-refractivity contribution in [1.29, 1.82) is 0 Å². The smallest absolute Gasteiger partial charge is 0.327 e. The van der Waals surface area contributed by atoms with E-state index in [1.165, 1.54) is 11.4 Å². The number of rotatable bonds is 5. The SMILES string of the molecule is CN(C1CCCCC1)S(=O)(=O)NC1(C(=O)O)CCOC1. The van der Waals surface area contributed by atoms with Gasteiger partial charge >= 0.3 is 5.97 Å². The van der Waals surface area contributed by atoms with E-state index in [0.29, 0.717) is 0 Å². The highest BCUT2D eigenvalue weighted by Crippen LogP contribution is 2.25. The number of carboxylic acids is 1. The van der Waals surface area contributed by atoms with Crippen LogP contribution in [0.25, 0.3) is 0 Å². The summed E-state index contributed by atoms with van der Waals surface area (Å²) in [6, 6.07) is -0.0468. The van der Waals surface area contributed by atoms with Crippen LogP contribution in [0.4, 0.5) is 0 Å². The van der Waals surface area contributed by atoms with E-state index in [1.54, 1.807) is 0 Å². The Labute approximate surface area is 119 Å². The van der Waals surface area contributed by atoms with Crippen LogP contribution in [0.5, 0.6) is 0 Å². The van der Waals surface area contributed by atoms with Crippen LogP contribution in [0.2, 0.25) is 0 Å². The lowest BCUT2D eigenvalue weighted by atomic mass is 9.96. The molecule has 2 fully saturated rings. The average Bonchev–Trinajstić information content (AvgIpc) is 2.88. The Morgan fingerprint density at radius 1 is 1.35 bits per heavy atom. The van der Waals surface area contributed by atoms with Crippen LogP contribution in [0, 0.1) is 0 Å². The van der Waals surface area contributed by atoms with Gasteiger partial charge in [-0.05, 0) is 12.8 Å². The number of aliphatic carboxylic acids is 1. The highest BCUT2D eigenvalue weighted by Gasteiger charge is 2.47. The molecule has 1 saturated heterocycles. The van der Waals surface area contributed by atoms with Crippen molar-refractivity contribution in [3.05, 3.63) is 0 Å². The number of ether oxygens (including phenoxy) is 1. The summed E-state index contributed by atoms with van der Waals surface area (Å²) in [5.41, 5.74) is -1.53. The van der Waals surface area contributed by atoms with Gasteiger partial charge in [0.05, 0.1) is 6.61 Å². The Bertz CT molecular complexity index is 452. The number of nitrogens with one attached hydrogen (secondary N) is 1. The summed E-state index contributed by atoms with van der Waals surface area (Å²) < 4.78 is 33.5. The maximum absolute atomic E-state index is 12.4. The van der Waals surface area contributed by atoms with Gasteiger partial charge in [-0.2, -0.15) is 17.4 Å². The lowest BCUT2D eigenvalue weighted by Crippen LogP contribution is -2.59. The number of carbonyl (C=O) groups is 1. The predicted octanol–water partition coefficient (Wildman–Crippen LogP) is 0.329. The van der Waals surface area contributed by atoms with E-state index in [0.717, 1.165) is 32.1 Å². The lowest BCUT2D eigenvalue weighted by Gasteiger charge is -2.33. The Kier molecular flexibility index (Phi) is 4.68. The summed E-state index contributed by atoms with van der Waals surface area (Å²) in [5, 5.41) is 9.29. The van der Waals surface area contributed by atoms with Crippen LogP contribution >= 0.6 is 0 Å². The predicted molar refractivity (Wildman–Crippen MR) is 72.5 cm³/mol.